The Balaban J connectivity index is 1.36. The number of hydrogen-bond donors (Lipinski definition) is 2. The molecule has 4 rings (SSSR count). The Kier molecular flexibility index (Phi) is 6.12. The van der Waals surface area contributed by atoms with Gasteiger partial charge in [-0.1, -0.05) is 36.9 Å². The highest BCUT2D eigenvalue weighted by Crippen LogP contribution is 2.47. The molecule has 0 aromatic heterocycles. The van der Waals surface area contributed by atoms with E-state index < -0.39 is 21.7 Å². The maximum Gasteiger partial charge on any atom is 0.254 e. The Bertz CT molecular complexity index is 1140. The molecule has 2 amide bonds. The first kappa shape index (κ1) is 22.2. The van der Waals surface area contributed by atoms with Gasteiger partial charge < -0.3 is 10.6 Å². The second-order valence-corrected chi connectivity index (χ2v) is 9.96. The number of halogens is 1. The van der Waals surface area contributed by atoms with E-state index in [0.29, 0.717) is 13.0 Å². The molecule has 1 heterocycles. The van der Waals surface area contributed by atoms with Crippen molar-refractivity contribution in [3.05, 3.63) is 78.1 Å². The molecule has 2 N–H and O–H groups in total. The van der Waals surface area contributed by atoms with Crippen molar-refractivity contribution < 1.29 is 22.4 Å². The van der Waals surface area contributed by atoms with Crippen LogP contribution < -0.4 is 10.6 Å². The number of fused-ring (bicyclic) bond motifs is 1. The molecule has 2 aliphatic rings. The van der Waals surface area contributed by atoms with Gasteiger partial charge in [-0.2, -0.15) is 4.31 Å². The van der Waals surface area contributed by atoms with Gasteiger partial charge in [0, 0.05) is 25.7 Å². The van der Waals surface area contributed by atoms with Crippen LogP contribution in [0.5, 0.6) is 0 Å². The van der Waals surface area contributed by atoms with Gasteiger partial charge in [0.25, 0.3) is 5.91 Å². The van der Waals surface area contributed by atoms with Crippen molar-refractivity contribution in [1.29, 1.82) is 0 Å². The maximum absolute atomic E-state index is 14.6. The van der Waals surface area contributed by atoms with Crippen LogP contribution in [0.3, 0.4) is 0 Å². The van der Waals surface area contributed by atoms with Crippen molar-refractivity contribution in [1.82, 2.24) is 14.9 Å². The predicted octanol–water partition coefficient (Wildman–Crippen LogP) is 1.72. The summed E-state index contributed by atoms with van der Waals surface area (Å²) in [5.74, 6) is -1.66. The van der Waals surface area contributed by atoms with E-state index in [1.807, 2.05) is 30.3 Å². The number of carbonyl (C=O) groups is 2. The summed E-state index contributed by atoms with van der Waals surface area (Å²) in [5.41, 5.74) is 0.846. The third-order valence-corrected chi connectivity index (χ3v) is 7.85. The summed E-state index contributed by atoms with van der Waals surface area (Å²) < 4.78 is 41.7. The molecular weight excluding hydrogens is 433 g/mol. The molecule has 0 spiro atoms. The average molecular weight is 458 g/mol. The zero-order valence-electron chi connectivity index (χ0n) is 17.3. The molecule has 7 nitrogen and oxygen atoms in total. The third-order valence-electron chi connectivity index (χ3n) is 6.02. The number of piperidine rings is 1. The first-order chi connectivity index (χ1) is 15.3. The summed E-state index contributed by atoms with van der Waals surface area (Å²) in [6.45, 7) is 4.27. The first-order valence-electron chi connectivity index (χ1n) is 10.4. The topological polar surface area (TPSA) is 95.6 Å². The summed E-state index contributed by atoms with van der Waals surface area (Å²) in [4.78, 5) is 23.5. The lowest BCUT2D eigenvalue weighted by Crippen LogP contribution is -2.37. The van der Waals surface area contributed by atoms with E-state index in [-0.39, 0.29) is 47.3 Å². The van der Waals surface area contributed by atoms with Crippen LogP contribution >= 0.6 is 0 Å². The number of rotatable bonds is 8. The molecule has 1 saturated heterocycles. The molecule has 1 aliphatic heterocycles. The van der Waals surface area contributed by atoms with Gasteiger partial charge in [-0.15, -0.1) is 0 Å². The molecule has 0 radical (unpaired) electrons. The fourth-order valence-electron chi connectivity index (χ4n) is 4.17. The van der Waals surface area contributed by atoms with Crippen LogP contribution in [-0.2, 0) is 21.2 Å². The molecule has 2 aromatic carbocycles. The lowest BCUT2D eigenvalue weighted by molar-refractivity contribution is -0.116. The van der Waals surface area contributed by atoms with Crippen molar-refractivity contribution in [2.75, 3.05) is 19.6 Å². The summed E-state index contributed by atoms with van der Waals surface area (Å²) in [6, 6.07) is 12.9. The van der Waals surface area contributed by atoms with Crippen LogP contribution in [0.2, 0.25) is 0 Å². The van der Waals surface area contributed by atoms with E-state index in [4.69, 9.17) is 0 Å². The summed E-state index contributed by atoms with van der Waals surface area (Å²) in [5, 5.41) is 5.45. The fourth-order valence-corrected chi connectivity index (χ4v) is 5.70. The van der Waals surface area contributed by atoms with Gasteiger partial charge in [-0.25, -0.2) is 12.8 Å². The van der Waals surface area contributed by atoms with E-state index in [1.54, 1.807) is 0 Å². The minimum absolute atomic E-state index is 0.0492. The van der Waals surface area contributed by atoms with Crippen molar-refractivity contribution in [2.24, 2.45) is 11.8 Å². The maximum atomic E-state index is 14.6. The van der Waals surface area contributed by atoms with E-state index in [0.717, 1.165) is 11.6 Å². The average Bonchev–Trinajstić information content (AvgIpc) is 3.20. The van der Waals surface area contributed by atoms with Crippen LogP contribution in [0.1, 0.15) is 15.9 Å². The molecule has 1 saturated carbocycles. The van der Waals surface area contributed by atoms with Gasteiger partial charge in [0.2, 0.25) is 15.9 Å². The smallest absolute Gasteiger partial charge is 0.254 e. The minimum atomic E-state index is -3.89. The Hall–Kier alpha value is -3.04. The second-order valence-electron chi connectivity index (χ2n) is 8.02. The van der Waals surface area contributed by atoms with Gasteiger partial charge in [-0.05, 0) is 48.1 Å². The monoisotopic (exact) mass is 457 g/mol. The van der Waals surface area contributed by atoms with Crippen LogP contribution in [-0.4, -0.2) is 50.2 Å². The second kappa shape index (κ2) is 8.84. The molecule has 168 valence electrons. The molecule has 32 heavy (non-hydrogen) atoms. The van der Waals surface area contributed by atoms with E-state index in [2.05, 4.69) is 17.2 Å². The normalized spacial score (nSPS) is 22.1. The predicted molar refractivity (Wildman–Crippen MR) is 117 cm³/mol. The number of hydrogen-bond acceptors (Lipinski definition) is 4. The molecular formula is C23H24FN3O4S. The zero-order chi connectivity index (χ0) is 22.9. The number of amides is 2. The van der Waals surface area contributed by atoms with Crippen molar-refractivity contribution in [2.45, 2.75) is 17.4 Å². The SMILES string of the molecule is C=CC(=O)NC1C2CN(S(=O)(=O)c3ccc(C(=O)NCCc4ccccc4)c(F)c3)CC21. The number of benzene rings is 2. The molecule has 2 atom stereocenters. The molecule has 2 fully saturated rings. The van der Waals surface area contributed by atoms with Gasteiger partial charge in [0.1, 0.15) is 5.82 Å². The number of sulfonamides is 1. The standard InChI is InChI=1S/C23H24FN3O4S/c1-2-21(28)26-22-18-13-27(14-19(18)22)32(30,31)16-8-9-17(20(24)12-16)23(29)25-11-10-15-6-4-3-5-7-15/h2-9,12,18-19,22H,1,10-11,13-14H2,(H,25,29)(H,26,28). The summed E-state index contributed by atoms with van der Waals surface area (Å²) in [7, 11) is -3.89. The molecule has 9 heteroatoms. The molecule has 0 bridgehead atoms. The first-order valence-corrected chi connectivity index (χ1v) is 11.8. The highest BCUT2D eigenvalue weighted by Gasteiger charge is 2.58. The largest absolute Gasteiger partial charge is 0.352 e. The van der Waals surface area contributed by atoms with Gasteiger partial charge in [0.15, 0.2) is 0 Å². The fraction of sp³-hybridized carbons (Fsp3) is 0.304. The summed E-state index contributed by atoms with van der Waals surface area (Å²) >= 11 is 0. The Morgan fingerprint density at radius 1 is 1.12 bits per heavy atom. The van der Waals surface area contributed by atoms with Crippen molar-refractivity contribution in [3.8, 4) is 0 Å². The molecule has 2 aromatic rings. The molecule has 1 aliphatic carbocycles. The van der Waals surface area contributed by atoms with Crippen LogP contribution in [0, 0.1) is 17.7 Å². The van der Waals surface area contributed by atoms with Gasteiger partial charge in [0.05, 0.1) is 10.5 Å². The van der Waals surface area contributed by atoms with Crippen LogP contribution in [0.4, 0.5) is 4.39 Å². The Morgan fingerprint density at radius 2 is 1.81 bits per heavy atom. The van der Waals surface area contributed by atoms with Crippen molar-refractivity contribution in [3.63, 3.8) is 0 Å². The van der Waals surface area contributed by atoms with Gasteiger partial charge in [-0.3, -0.25) is 9.59 Å². The quantitative estimate of drug-likeness (QED) is 0.590. The number of nitrogens with zero attached hydrogens (tertiary/aromatic N) is 1. The van der Waals surface area contributed by atoms with E-state index in [1.165, 1.54) is 22.5 Å². The van der Waals surface area contributed by atoms with Gasteiger partial charge >= 0.3 is 0 Å². The van der Waals surface area contributed by atoms with Crippen LogP contribution in [0.15, 0.2) is 66.1 Å². The highest BCUT2D eigenvalue weighted by atomic mass is 32.2. The van der Waals surface area contributed by atoms with Crippen molar-refractivity contribution >= 4 is 21.8 Å². The minimum Gasteiger partial charge on any atom is -0.352 e. The van der Waals surface area contributed by atoms with E-state index >= 15 is 0 Å². The lowest BCUT2D eigenvalue weighted by Gasteiger charge is -2.20. The molecule has 2 unspecified atom stereocenters. The number of carbonyl (C=O) groups excluding carboxylic acids is 2. The zero-order valence-corrected chi connectivity index (χ0v) is 18.1. The third kappa shape index (κ3) is 4.44. The Morgan fingerprint density at radius 3 is 2.44 bits per heavy atom. The lowest BCUT2D eigenvalue weighted by atomic mass is 10.1. The van der Waals surface area contributed by atoms with E-state index in [9.17, 15) is 22.4 Å². The van der Waals surface area contributed by atoms with Crippen LogP contribution in [0.25, 0.3) is 0 Å². The number of nitrogens with one attached hydrogen (secondary N) is 2. The summed E-state index contributed by atoms with van der Waals surface area (Å²) in [6.07, 6.45) is 1.79. The Labute approximate surface area is 186 Å². The highest BCUT2D eigenvalue weighted by molar-refractivity contribution is 7.89.